The Labute approximate surface area is 152 Å². The van der Waals surface area contributed by atoms with E-state index in [2.05, 4.69) is 67.4 Å². The summed E-state index contributed by atoms with van der Waals surface area (Å²) in [4.78, 5) is 2.61. The van der Waals surface area contributed by atoms with E-state index >= 15 is 0 Å². The van der Waals surface area contributed by atoms with E-state index in [9.17, 15) is 0 Å². The first-order valence-electron chi connectivity index (χ1n) is 9.25. The van der Waals surface area contributed by atoms with Crippen molar-refractivity contribution < 1.29 is 4.74 Å². The number of rotatable bonds is 5. The van der Waals surface area contributed by atoms with Crippen LogP contribution in [0.25, 0.3) is 0 Å². The molecule has 1 atom stereocenters. The summed E-state index contributed by atoms with van der Waals surface area (Å²) in [6, 6.07) is 19.4. The van der Waals surface area contributed by atoms with Crippen LogP contribution in [0.15, 0.2) is 54.6 Å². The molecule has 3 nitrogen and oxygen atoms in total. The quantitative estimate of drug-likeness (QED) is 0.882. The average molecular weight is 338 g/mol. The molecular weight excluding hydrogens is 308 g/mol. The highest BCUT2D eigenvalue weighted by Gasteiger charge is 2.32. The fourth-order valence-electron chi connectivity index (χ4n) is 3.69. The fraction of sp³-hybridized carbons (Fsp3) is 0.455. The van der Waals surface area contributed by atoms with E-state index in [4.69, 9.17) is 4.74 Å². The van der Waals surface area contributed by atoms with Gasteiger partial charge in [-0.3, -0.25) is 4.90 Å². The highest BCUT2D eigenvalue weighted by atomic mass is 16.5. The molecule has 0 amide bonds. The lowest BCUT2D eigenvalue weighted by Gasteiger charge is -2.42. The predicted molar refractivity (Wildman–Crippen MR) is 104 cm³/mol. The van der Waals surface area contributed by atoms with Gasteiger partial charge in [-0.15, -0.1) is 0 Å². The van der Waals surface area contributed by atoms with E-state index in [1.165, 1.54) is 11.1 Å². The van der Waals surface area contributed by atoms with Gasteiger partial charge in [-0.25, -0.2) is 0 Å². The first-order chi connectivity index (χ1) is 12.0. The molecule has 2 aromatic carbocycles. The average Bonchev–Trinajstić information content (AvgIpc) is 2.62. The van der Waals surface area contributed by atoms with Crippen molar-refractivity contribution in [3.8, 4) is 5.75 Å². The predicted octanol–water partition coefficient (Wildman–Crippen LogP) is 4.26. The number of piperazine rings is 1. The van der Waals surface area contributed by atoms with Gasteiger partial charge in [0.05, 0.1) is 0 Å². The minimum Gasteiger partial charge on any atom is -0.489 e. The second-order valence-electron chi connectivity index (χ2n) is 7.90. The molecule has 1 aliphatic rings. The van der Waals surface area contributed by atoms with Gasteiger partial charge >= 0.3 is 0 Å². The summed E-state index contributed by atoms with van der Waals surface area (Å²) in [5, 5.41) is 3.45. The van der Waals surface area contributed by atoms with Crippen molar-refractivity contribution in [2.45, 2.75) is 33.4 Å². The highest BCUT2D eigenvalue weighted by Crippen LogP contribution is 2.38. The van der Waals surface area contributed by atoms with Gasteiger partial charge in [0.2, 0.25) is 0 Å². The van der Waals surface area contributed by atoms with Gasteiger partial charge in [0, 0.05) is 32.2 Å². The maximum atomic E-state index is 5.93. The molecule has 0 unspecified atom stereocenters. The zero-order valence-corrected chi connectivity index (χ0v) is 15.7. The van der Waals surface area contributed by atoms with Crippen molar-refractivity contribution in [2.24, 2.45) is 5.41 Å². The topological polar surface area (TPSA) is 24.5 Å². The Morgan fingerprint density at radius 3 is 2.20 bits per heavy atom. The van der Waals surface area contributed by atoms with Crippen LogP contribution in [-0.4, -0.2) is 31.1 Å². The number of nitrogens with zero attached hydrogens (tertiary/aromatic N) is 1. The number of hydrogen-bond donors (Lipinski definition) is 1. The summed E-state index contributed by atoms with van der Waals surface area (Å²) >= 11 is 0. The first-order valence-corrected chi connectivity index (χ1v) is 9.25. The highest BCUT2D eigenvalue weighted by molar-refractivity contribution is 5.30. The third-order valence-corrected chi connectivity index (χ3v) is 4.78. The molecule has 1 fully saturated rings. The number of nitrogens with one attached hydrogen (secondary N) is 1. The van der Waals surface area contributed by atoms with E-state index < -0.39 is 0 Å². The van der Waals surface area contributed by atoms with Crippen LogP contribution in [0.2, 0.25) is 0 Å². The van der Waals surface area contributed by atoms with Gasteiger partial charge in [-0.1, -0.05) is 63.2 Å². The van der Waals surface area contributed by atoms with Crippen LogP contribution in [0.5, 0.6) is 5.75 Å². The zero-order chi connectivity index (χ0) is 17.7. The van der Waals surface area contributed by atoms with Gasteiger partial charge in [0.1, 0.15) is 12.4 Å². The Balaban J connectivity index is 1.70. The lowest BCUT2D eigenvalue weighted by Crippen LogP contribution is -2.48. The molecule has 0 aliphatic carbocycles. The first kappa shape index (κ1) is 18.0. The Morgan fingerprint density at radius 1 is 0.960 bits per heavy atom. The summed E-state index contributed by atoms with van der Waals surface area (Å²) in [6.45, 7) is 12.0. The molecule has 3 heteroatoms. The molecule has 0 saturated carbocycles. The van der Waals surface area contributed by atoms with Crippen molar-refractivity contribution in [2.75, 3.05) is 26.2 Å². The maximum Gasteiger partial charge on any atom is 0.119 e. The van der Waals surface area contributed by atoms with Crippen LogP contribution in [0.3, 0.4) is 0 Å². The van der Waals surface area contributed by atoms with Crippen molar-refractivity contribution in [3.63, 3.8) is 0 Å². The molecule has 0 spiro atoms. The van der Waals surface area contributed by atoms with E-state index in [1.54, 1.807) is 0 Å². The minimum absolute atomic E-state index is 0.198. The maximum absolute atomic E-state index is 5.93. The van der Waals surface area contributed by atoms with Crippen LogP contribution in [0, 0.1) is 5.41 Å². The summed E-state index contributed by atoms with van der Waals surface area (Å²) in [6.07, 6.45) is 0. The molecule has 134 valence electrons. The summed E-state index contributed by atoms with van der Waals surface area (Å²) in [5.41, 5.74) is 2.77. The standard InChI is InChI=1S/C22H30N2O/c1-22(2,3)21(24-15-13-23-14-16-24)19-9-11-20(12-10-19)25-17-18-7-5-4-6-8-18/h4-12,21,23H,13-17H2,1-3H3/t21-/m0/s1. The Hall–Kier alpha value is -1.84. The second-order valence-corrected chi connectivity index (χ2v) is 7.90. The Bertz CT molecular complexity index is 640. The summed E-state index contributed by atoms with van der Waals surface area (Å²) in [5.74, 6) is 0.931. The molecule has 0 aromatic heterocycles. The number of hydrogen-bond acceptors (Lipinski definition) is 3. The molecule has 3 rings (SSSR count). The lowest BCUT2D eigenvalue weighted by molar-refractivity contribution is 0.0862. The van der Waals surface area contributed by atoms with Crippen LogP contribution in [-0.2, 0) is 6.61 Å². The molecule has 1 saturated heterocycles. The Kier molecular flexibility index (Phi) is 5.77. The van der Waals surface area contributed by atoms with Crippen molar-refractivity contribution in [1.82, 2.24) is 10.2 Å². The molecule has 0 bridgehead atoms. The summed E-state index contributed by atoms with van der Waals surface area (Å²) < 4.78 is 5.93. The van der Waals surface area contributed by atoms with Gasteiger partial charge in [-0.05, 0) is 28.7 Å². The van der Waals surface area contributed by atoms with Crippen molar-refractivity contribution in [1.29, 1.82) is 0 Å². The van der Waals surface area contributed by atoms with Gasteiger partial charge in [-0.2, -0.15) is 0 Å². The summed E-state index contributed by atoms with van der Waals surface area (Å²) in [7, 11) is 0. The second kappa shape index (κ2) is 8.03. The molecule has 2 aromatic rings. The van der Waals surface area contributed by atoms with Crippen LogP contribution in [0.4, 0.5) is 0 Å². The smallest absolute Gasteiger partial charge is 0.119 e. The van der Waals surface area contributed by atoms with E-state index in [1.807, 2.05) is 18.2 Å². The number of benzene rings is 2. The number of ether oxygens (including phenoxy) is 1. The molecule has 1 heterocycles. The van der Waals surface area contributed by atoms with Gasteiger partial charge in [0.15, 0.2) is 0 Å². The molecule has 0 radical (unpaired) electrons. The largest absolute Gasteiger partial charge is 0.489 e. The lowest BCUT2D eigenvalue weighted by atomic mass is 9.81. The fourth-order valence-corrected chi connectivity index (χ4v) is 3.69. The normalized spacial score (nSPS) is 17.2. The third-order valence-electron chi connectivity index (χ3n) is 4.78. The molecule has 1 aliphatic heterocycles. The van der Waals surface area contributed by atoms with E-state index in [-0.39, 0.29) is 5.41 Å². The molecular formula is C22H30N2O. The minimum atomic E-state index is 0.198. The van der Waals surface area contributed by atoms with Crippen molar-refractivity contribution in [3.05, 3.63) is 65.7 Å². The van der Waals surface area contributed by atoms with Gasteiger partial charge < -0.3 is 10.1 Å². The van der Waals surface area contributed by atoms with Crippen LogP contribution in [0.1, 0.15) is 37.9 Å². The van der Waals surface area contributed by atoms with E-state index in [0.29, 0.717) is 12.6 Å². The monoisotopic (exact) mass is 338 g/mol. The van der Waals surface area contributed by atoms with Crippen LogP contribution >= 0.6 is 0 Å². The zero-order valence-electron chi connectivity index (χ0n) is 15.7. The molecule has 25 heavy (non-hydrogen) atoms. The van der Waals surface area contributed by atoms with Crippen LogP contribution < -0.4 is 10.1 Å². The van der Waals surface area contributed by atoms with Gasteiger partial charge in [0.25, 0.3) is 0 Å². The molecule has 1 N–H and O–H groups in total. The SMILES string of the molecule is CC(C)(C)[C@H](c1ccc(OCc2ccccc2)cc1)N1CCNCC1. The van der Waals surface area contributed by atoms with Crippen molar-refractivity contribution >= 4 is 0 Å². The third kappa shape index (κ3) is 4.83. The Morgan fingerprint density at radius 2 is 1.60 bits per heavy atom. The van der Waals surface area contributed by atoms with E-state index in [0.717, 1.165) is 31.9 Å².